The van der Waals surface area contributed by atoms with Gasteiger partial charge in [0, 0.05) is 6.54 Å². The number of hydrogen-bond acceptors (Lipinski definition) is 5. The van der Waals surface area contributed by atoms with Gasteiger partial charge < -0.3 is 15.6 Å². The number of fused-ring (bicyclic) bond motifs is 1. The Labute approximate surface area is 165 Å². The molecule has 1 fully saturated rings. The molecule has 6 nitrogen and oxygen atoms in total. The first-order valence-electron chi connectivity index (χ1n) is 9.61. The molecule has 0 bridgehead atoms. The average molecular weight is 384 g/mol. The lowest BCUT2D eigenvalue weighted by Gasteiger charge is -2.40. The van der Waals surface area contributed by atoms with Crippen molar-refractivity contribution in [1.82, 2.24) is 4.90 Å². The summed E-state index contributed by atoms with van der Waals surface area (Å²) in [7, 11) is 0. The Morgan fingerprint density at radius 1 is 1.18 bits per heavy atom. The van der Waals surface area contributed by atoms with Crippen molar-refractivity contribution in [1.29, 1.82) is 0 Å². The molecule has 2 aromatic rings. The first-order valence-corrected chi connectivity index (χ1v) is 9.61. The van der Waals surface area contributed by atoms with E-state index in [0.717, 1.165) is 10.8 Å². The molecule has 0 aliphatic carbocycles. The number of ether oxygens (including phenoxy) is 1. The van der Waals surface area contributed by atoms with E-state index in [0.29, 0.717) is 24.9 Å². The fraction of sp³-hybridized carbons (Fsp3) is 0.455. The molecule has 0 spiro atoms. The predicted octanol–water partition coefficient (Wildman–Crippen LogP) is 3.30. The van der Waals surface area contributed by atoms with Crippen LogP contribution in [-0.4, -0.2) is 40.3 Å². The van der Waals surface area contributed by atoms with E-state index in [-0.39, 0.29) is 11.9 Å². The Hall–Kier alpha value is -2.44. The van der Waals surface area contributed by atoms with E-state index in [1.807, 2.05) is 63.2 Å². The minimum Gasteiger partial charge on any atom is -0.480 e. The second-order valence-corrected chi connectivity index (χ2v) is 8.41. The molecule has 3 N–H and O–H groups in total. The van der Waals surface area contributed by atoms with Crippen molar-refractivity contribution in [3.05, 3.63) is 48.0 Å². The van der Waals surface area contributed by atoms with Crippen LogP contribution in [0.15, 0.2) is 42.5 Å². The van der Waals surface area contributed by atoms with Crippen LogP contribution in [0.3, 0.4) is 0 Å². The number of aliphatic carboxylic acids is 1. The van der Waals surface area contributed by atoms with Crippen molar-refractivity contribution in [2.24, 2.45) is 11.7 Å². The van der Waals surface area contributed by atoms with E-state index >= 15 is 0 Å². The zero-order valence-electron chi connectivity index (χ0n) is 16.6. The van der Waals surface area contributed by atoms with E-state index in [1.54, 1.807) is 4.90 Å². The zero-order chi connectivity index (χ0) is 20.5. The Morgan fingerprint density at radius 2 is 1.86 bits per heavy atom. The summed E-state index contributed by atoms with van der Waals surface area (Å²) in [4.78, 5) is 26.2. The van der Waals surface area contributed by atoms with Gasteiger partial charge in [0.25, 0.3) is 0 Å². The maximum Gasteiger partial charge on any atom is 0.325 e. The van der Waals surface area contributed by atoms with E-state index in [1.165, 1.54) is 0 Å². The Balaban J connectivity index is 1.79. The quantitative estimate of drug-likeness (QED) is 0.786. The molecule has 0 unspecified atom stereocenters. The van der Waals surface area contributed by atoms with Crippen LogP contribution < -0.4 is 5.73 Å². The van der Waals surface area contributed by atoms with E-state index in [9.17, 15) is 14.7 Å². The van der Waals surface area contributed by atoms with Crippen molar-refractivity contribution in [3.8, 4) is 0 Å². The van der Waals surface area contributed by atoms with E-state index in [2.05, 4.69) is 0 Å². The third-order valence-corrected chi connectivity index (χ3v) is 5.08. The predicted molar refractivity (Wildman–Crippen MR) is 108 cm³/mol. The number of nitrogens with zero attached hydrogens (tertiary/aromatic N) is 1. The van der Waals surface area contributed by atoms with Crippen LogP contribution in [0.4, 0.5) is 0 Å². The number of nitrogens with two attached hydrogens (primary N) is 1. The van der Waals surface area contributed by atoms with Crippen LogP contribution in [0.5, 0.6) is 0 Å². The topological polar surface area (TPSA) is 92.9 Å². The monoisotopic (exact) mass is 384 g/mol. The smallest absolute Gasteiger partial charge is 0.325 e. The van der Waals surface area contributed by atoms with Gasteiger partial charge in [-0.3, -0.25) is 14.5 Å². The highest BCUT2D eigenvalue weighted by Gasteiger charge is 2.38. The highest BCUT2D eigenvalue weighted by Crippen LogP contribution is 2.32. The number of hydrogen-bond donors (Lipinski definition) is 2. The lowest BCUT2D eigenvalue weighted by atomic mass is 9.91. The number of carbonyl (C=O) groups is 2. The molecule has 1 aliphatic heterocycles. The maximum absolute atomic E-state index is 12.4. The molecule has 1 aliphatic rings. The summed E-state index contributed by atoms with van der Waals surface area (Å²) in [5.41, 5.74) is 6.46. The average Bonchev–Trinajstić information content (AvgIpc) is 2.61. The molecular formula is C22H28N2O4. The Bertz CT molecular complexity index is 874. The van der Waals surface area contributed by atoms with Gasteiger partial charge >= 0.3 is 11.9 Å². The molecular weight excluding hydrogens is 356 g/mol. The van der Waals surface area contributed by atoms with Crippen molar-refractivity contribution in [2.75, 3.05) is 6.54 Å². The Morgan fingerprint density at radius 3 is 2.46 bits per heavy atom. The highest BCUT2D eigenvalue weighted by molar-refractivity contribution is 5.85. The van der Waals surface area contributed by atoms with Crippen molar-refractivity contribution in [2.45, 2.75) is 51.4 Å². The summed E-state index contributed by atoms with van der Waals surface area (Å²) in [5, 5.41) is 12.0. The molecule has 0 aromatic heterocycles. The Kier molecular flexibility index (Phi) is 5.72. The fourth-order valence-electron chi connectivity index (χ4n) is 3.79. The van der Waals surface area contributed by atoms with Crippen molar-refractivity contribution in [3.63, 3.8) is 0 Å². The van der Waals surface area contributed by atoms with Crippen molar-refractivity contribution < 1.29 is 19.4 Å². The second kappa shape index (κ2) is 7.89. The summed E-state index contributed by atoms with van der Waals surface area (Å²) in [6.07, 6.45) is 0.380. The number of likely N-dealkylation sites (tertiary alicyclic amines) is 1. The van der Waals surface area contributed by atoms with Gasteiger partial charge in [-0.1, -0.05) is 36.4 Å². The largest absolute Gasteiger partial charge is 0.480 e. The minimum absolute atomic E-state index is 0.264. The van der Waals surface area contributed by atoms with Crippen LogP contribution in [-0.2, 0) is 14.3 Å². The standard InChI is InChI=1S/C22H28N2O4/c1-22(2,3)28-21(27)17-10-11-24(18(23)13-17)19(20(25)26)16-9-8-14-6-4-5-7-15(14)12-16/h4-9,12,17-19H,10-11,13,23H2,1-3H3,(H,25,26)/t17-,18-,19-/m1/s1. The lowest BCUT2D eigenvalue weighted by molar-refractivity contribution is -0.163. The summed E-state index contributed by atoms with van der Waals surface area (Å²) in [6, 6.07) is 12.7. The van der Waals surface area contributed by atoms with Gasteiger partial charge in [-0.2, -0.15) is 0 Å². The third-order valence-electron chi connectivity index (χ3n) is 5.08. The van der Waals surface area contributed by atoms with Gasteiger partial charge in [0.1, 0.15) is 11.6 Å². The van der Waals surface area contributed by atoms with E-state index < -0.39 is 23.8 Å². The summed E-state index contributed by atoms with van der Waals surface area (Å²) >= 11 is 0. The zero-order valence-corrected chi connectivity index (χ0v) is 16.6. The van der Waals surface area contributed by atoms with Gasteiger partial charge in [0.15, 0.2) is 0 Å². The summed E-state index contributed by atoms with van der Waals surface area (Å²) < 4.78 is 5.47. The number of benzene rings is 2. The van der Waals surface area contributed by atoms with Crippen LogP contribution in [0.2, 0.25) is 0 Å². The number of esters is 1. The molecule has 150 valence electrons. The maximum atomic E-state index is 12.4. The molecule has 3 atom stereocenters. The van der Waals surface area contributed by atoms with Crippen LogP contribution >= 0.6 is 0 Å². The summed E-state index contributed by atoms with van der Waals surface area (Å²) in [6.45, 7) is 5.93. The van der Waals surface area contributed by atoms with Crippen LogP contribution in [0.25, 0.3) is 10.8 Å². The highest BCUT2D eigenvalue weighted by atomic mass is 16.6. The molecule has 0 saturated carbocycles. The SMILES string of the molecule is CC(C)(C)OC(=O)[C@@H]1CCN([C@@H](C(=O)O)c2ccc3ccccc3c2)[C@@H](N)C1. The number of rotatable bonds is 4. The van der Waals surface area contributed by atoms with Crippen LogP contribution in [0, 0.1) is 5.92 Å². The van der Waals surface area contributed by atoms with Gasteiger partial charge in [-0.25, -0.2) is 0 Å². The number of carbonyl (C=O) groups excluding carboxylic acids is 1. The molecule has 1 heterocycles. The molecule has 1 saturated heterocycles. The van der Waals surface area contributed by atoms with Crippen LogP contribution in [0.1, 0.15) is 45.2 Å². The third kappa shape index (κ3) is 4.51. The normalized spacial score (nSPS) is 22.0. The summed E-state index contributed by atoms with van der Waals surface area (Å²) in [5.74, 6) is -1.52. The van der Waals surface area contributed by atoms with E-state index in [4.69, 9.17) is 10.5 Å². The van der Waals surface area contributed by atoms with Gasteiger partial charge in [0.05, 0.1) is 12.1 Å². The van der Waals surface area contributed by atoms with Gasteiger partial charge in [-0.05, 0) is 56.0 Å². The number of carboxylic acids is 1. The molecule has 6 heteroatoms. The van der Waals surface area contributed by atoms with Gasteiger partial charge in [-0.15, -0.1) is 0 Å². The molecule has 0 radical (unpaired) electrons. The van der Waals surface area contributed by atoms with Crippen molar-refractivity contribution >= 4 is 22.7 Å². The fourth-order valence-corrected chi connectivity index (χ4v) is 3.79. The first-order chi connectivity index (χ1) is 13.2. The van der Waals surface area contributed by atoms with Gasteiger partial charge in [0.2, 0.25) is 0 Å². The number of carboxylic acid groups (broad SMARTS) is 1. The minimum atomic E-state index is -0.943. The second-order valence-electron chi connectivity index (χ2n) is 8.41. The lowest BCUT2D eigenvalue weighted by Crippen LogP contribution is -2.52. The molecule has 3 rings (SSSR count). The molecule has 28 heavy (non-hydrogen) atoms. The first kappa shape index (κ1) is 20.3. The molecule has 0 amide bonds. The molecule has 2 aromatic carbocycles. The number of piperidine rings is 1.